The molecule has 0 aliphatic rings. The second-order valence-electron chi connectivity index (χ2n) is 6.11. The summed E-state index contributed by atoms with van der Waals surface area (Å²) in [7, 11) is 0. The number of carbonyl (C=O) groups is 1. The summed E-state index contributed by atoms with van der Waals surface area (Å²) in [6.07, 6.45) is 2.40. The van der Waals surface area contributed by atoms with Crippen LogP contribution in [0.2, 0.25) is 0 Å². The molecule has 0 radical (unpaired) electrons. The number of rotatable bonds is 6. The molecule has 0 fully saturated rings. The van der Waals surface area contributed by atoms with Gasteiger partial charge in [-0.1, -0.05) is 26.8 Å². The first-order chi connectivity index (χ1) is 12.3. The summed E-state index contributed by atoms with van der Waals surface area (Å²) in [4.78, 5) is 32.4. The normalized spacial score (nSPS) is 10.8. The quantitative estimate of drug-likeness (QED) is 0.349. The number of anilines is 1. The van der Waals surface area contributed by atoms with Crippen molar-refractivity contribution in [1.82, 2.24) is 9.97 Å². The highest BCUT2D eigenvalue weighted by atomic mass is 32.2. The number of nitrogens with zero attached hydrogens (tertiary/aromatic N) is 3. The van der Waals surface area contributed by atoms with Gasteiger partial charge in [-0.2, -0.15) is 0 Å². The first-order valence-electron chi connectivity index (χ1n) is 8.29. The summed E-state index contributed by atoms with van der Waals surface area (Å²) < 4.78 is 0. The topological polar surface area (TPSA) is 98.0 Å². The molecule has 2 aromatic rings. The Morgan fingerprint density at radius 3 is 2.58 bits per heavy atom. The molecular formula is C18H22N4O3S. The number of hydrogen-bond acceptors (Lipinski definition) is 6. The number of aryl methyl sites for hydroxylation is 2. The molecule has 0 atom stereocenters. The maximum absolute atomic E-state index is 12.8. The maximum atomic E-state index is 12.8. The van der Waals surface area contributed by atoms with Gasteiger partial charge in [0.2, 0.25) is 0 Å². The maximum Gasteiger partial charge on any atom is 0.274 e. The number of nitrogens with one attached hydrogen (secondary N) is 1. The molecule has 0 unspecified atom stereocenters. The highest BCUT2D eigenvalue weighted by Crippen LogP contribution is 2.27. The molecular weight excluding hydrogens is 352 g/mol. The zero-order chi connectivity index (χ0) is 19.4. The van der Waals surface area contributed by atoms with Crippen molar-refractivity contribution in [2.75, 3.05) is 11.6 Å². The fraction of sp³-hybridized carbons (Fsp3) is 0.389. The summed E-state index contributed by atoms with van der Waals surface area (Å²) in [6, 6.07) is 4.71. The van der Waals surface area contributed by atoms with Gasteiger partial charge < -0.3 is 5.32 Å². The van der Waals surface area contributed by atoms with Crippen molar-refractivity contribution in [1.29, 1.82) is 0 Å². The van der Waals surface area contributed by atoms with Crippen molar-refractivity contribution >= 4 is 29.0 Å². The lowest BCUT2D eigenvalue weighted by Gasteiger charge is -2.13. The molecule has 7 nitrogen and oxygen atoms in total. The Kier molecular flexibility index (Phi) is 6.31. The van der Waals surface area contributed by atoms with E-state index >= 15 is 0 Å². The second kappa shape index (κ2) is 8.27. The summed E-state index contributed by atoms with van der Waals surface area (Å²) in [5, 5.41) is 14.5. The minimum Gasteiger partial charge on any atom is -0.322 e. The molecule has 0 saturated carbocycles. The smallest absolute Gasteiger partial charge is 0.274 e. The Morgan fingerprint density at radius 1 is 1.35 bits per heavy atom. The van der Waals surface area contributed by atoms with E-state index in [0.717, 1.165) is 0 Å². The molecule has 0 aliphatic heterocycles. The van der Waals surface area contributed by atoms with Gasteiger partial charge in [-0.05, 0) is 25.7 Å². The van der Waals surface area contributed by atoms with Crippen LogP contribution in [0.25, 0.3) is 0 Å². The molecule has 1 aromatic carbocycles. The van der Waals surface area contributed by atoms with Crippen LogP contribution >= 0.6 is 11.8 Å². The molecule has 1 heterocycles. The van der Waals surface area contributed by atoms with Crippen LogP contribution < -0.4 is 5.32 Å². The predicted octanol–water partition coefficient (Wildman–Crippen LogP) is 4.35. The van der Waals surface area contributed by atoms with E-state index < -0.39 is 4.92 Å². The average Bonchev–Trinajstić information content (AvgIpc) is 2.60. The number of carbonyl (C=O) groups excluding carboxylic acids is 1. The summed E-state index contributed by atoms with van der Waals surface area (Å²) in [5.74, 6) is 0.466. The van der Waals surface area contributed by atoms with E-state index in [9.17, 15) is 14.9 Å². The van der Waals surface area contributed by atoms with Crippen LogP contribution in [-0.4, -0.2) is 27.1 Å². The number of nitro benzene ring substituents is 1. The van der Waals surface area contributed by atoms with Crippen molar-refractivity contribution in [2.24, 2.45) is 0 Å². The van der Waals surface area contributed by atoms with Crippen molar-refractivity contribution in [3.63, 3.8) is 0 Å². The number of benzene rings is 1. The zero-order valence-electron chi connectivity index (χ0n) is 15.5. The van der Waals surface area contributed by atoms with Crippen molar-refractivity contribution in [2.45, 2.75) is 45.1 Å². The van der Waals surface area contributed by atoms with Gasteiger partial charge in [0.05, 0.1) is 16.2 Å². The first-order valence-corrected chi connectivity index (χ1v) is 9.52. The van der Waals surface area contributed by atoms with Crippen LogP contribution in [0.5, 0.6) is 0 Å². The van der Waals surface area contributed by atoms with Crippen LogP contribution in [0.3, 0.4) is 0 Å². The second-order valence-corrected chi connectivity index (χ2v) is 6.91. The predicted molar refractivity (Wildman–Crippen MR) is 103 cm³/mol. The van der Waals surface area contributed by atoms with Crippen molar-refractivity contribution < 1.29 is 9.72 Å². The van der Waals surface area contributed by atoms with Crippen LogP contribution in [0.1, 0.15) is 54.1 Å². The third-order valence-electron chi connectivity index (χ3n) is 3.93. The highest BCUT2D eigenvalue weighted by molar-refractivity contribution is 7.98. The van der Waals surface area contributed by atoms with Gasteiger partial charge in [-0.3, -0.25) is 14.9 Å². The number of nitro groups is 1. The van der Waals surface area contributed by atoms with E-state index in [0.29, 0.717) is 39.8 Å². The summed E-state index contributed by atoms with van der Waals surface area (Å²) >= 11 is 1.37. The van der Waals surface area contributed by atoms with Gasteiger partial charge in [-0.25, -0.2) is 9.97 Å². The fourth-order valence-corrected chi connectivity index (χ4v) is 3.17. The van der Waals surface area contributed by atoms with Crippen molar-refractivity contribution in [3.05, 3.63) is 51.0 Å². The van der Waals surface area contributed by atoms with Crippen LogP contribution in [0, 0.1) is 17.0 Å². The molecule has 1 amide bonds. The molecule has 0 saturated heterocycles. The number of hydrogen-bond donors (Lipinski definition) is 1. The molecule has 0 bridgehead atoms. The summed E-state index contributed by atoms with van der Waals surface area (Å²) in [6.45, 7) is 7.60. The minimum atomic E-state index is -0.437. The standard InChI is InChI=1S/C18H22N4O3S/c1-6-12-7-8-13(9-14(12)22(24)25)20-17(23)15-11(4)19-16(10(2)3)21-18(15)26-5/h7-10H,6H2,1-5H3,(H,20,23). The molecule has 2 rings (SSSR count). The van der Waals surface area contributed by atoms with Gasteiger partial charge >= 0.3 is 0 Å². The lowest BCUT2D eigenvalue weighted by Crippen LogP contribution is -2.18. The van der Waals surface area contributed by atoms with Gasteiger partial charge in [0.15, 0.2) is 0 Å². The summed E-state index contributed by atoms with van der Waals surface area (Å²) in [5.41, 5.74) is 1.98. The van der Waals surface area contributed by atoms with E-state index in [1.165, 1.54) is 17.8 Å². The van der Waals surface area contributed by atoms with Gasteiger partial charge in [-0.15, -0.1) is 11.8 Å². The molecule has 0 aliphatic carbocycles. The lowest BCUT2D eigenvalue weighted by atomic mass is 10.1. The average molecular weight is 374 g/mol. The van der Waals surface area contributed by atoms with Crippen molar-refractivity contribution in [3.8, 4) is 0 Å². The Balaban J connectivity index is 2.39. The van der Waals surface area contributed by atoms with E-state index in [-0.39, 0.29) is 17.5 Å². The Morgan fingerprint density at radius 2 is 2.04 bits per heavy atom. The lowest BCUT2D eigenvalue weighted by molar-refractivity contribution is -0.385. The number of amides is 1. The number of aromatic nitrogens is 2. The van der Waals surface area contributed by atoms with Crippen LogP contribution in [0.15, 0.2) is 23.2 Å². The Labute approximate surface area is 156 Å². The molecule has 26 heavy (non-hydrogen) atoms. The van der Waals surface area contributed by atoms with Crippen LogP contribution in [0.4, 0.5) is 11.4 Å². The van der Waals surface area contributed by atoms with Gasteiger partial charge in [0, 0.05) is 23.2 Å². The first kappa shape index (κ1) is 19.8. The third kappa shape index (κ3) is 4.19. The molecule has 1 aromatic heterocycles. The van der Waals surface area contributed by atoms with Gasteiger partial charge in [0.25, 0.3) is 11.6 Å². The Bertz CT molecular complexity index is 853. The molecule has 138 valence electrons. The van der Waals surface area contributed by atoms with E-state index in [1.54, 1.807) is 19.1 Å². The zero-order valence-corrected chi connectivity index (χ0v) is 16.3. The largest absolute Gasteiger partial charge is 0.322 e. The monoisotopic (exact) mass is 374 g/mol. The van der Waals surface area contributed by atoms with E-state index in [1.807, 2.05) is 27.0 Å². The van der Waals surface area contributed by atoms with Gasteiger partial charge in [0.1, 0.15) is 10.9 Å². The minimum absolute atomic E-state index is 0.00137. The van der Waals surface area contributed by atoms with Crippen LogP contribution in [-0.2, 0) is 6.42 Å². The highest BCUT2D eigenvalue weighted by Gasteiger charge is 2.21. The fourth-order valence-electron chi connectivity index (χ4n) is 2.54. The molecule has 1 N–H and O–H groups in total. The number of thioether (sulfide) groups is 1. The Hall–Kier alpha value is -2.48. The molecule has 0 spiro atoms. The SMILES string of the molecule is CCc1ccc(NC(=O)c2c(C)nc(C(C)C)nc2SC)cc1[N+](=O)[O-]. The third-order valence-corrected chi connectivity index (χ3v) is 4.61. The van der Waals surface area contributed by atoms with E-state index in [4.69, 9.17) is 0 Å². The van der Waals surface area contributed by atoms with E-state index in [2.05, 4.69) is 15.3 Å². The molecule has 8 heteroatoms.